The molecule has 0 saturated carbocycles. The molecule has 1 fully saturated rings. The molecule has 0 bridgehead atoms. The van der Waals surface area contributed by atoms with Crippen LogP contribution < -0.4 is 4.90 Å². The van der Waals surface area contributed by atoms with E-state index in [1.165, 1.54) is 11.1 Å². The molecule has 0 unspecified atom stereocenters. The predicted molar refractivity (Wildman–Crippen MR) is 108 cm³/mol. The predicted octanol–water partition coefficient (Wildman–Crippen LogP) is 5.13. The number of anilines is 1. The van der Waals surface area contributed by atoms with Gasteiger partial charge in [0.2, 0.25) is 0 Å². The molecule has 0 amide bonds. The molecule has 5 rings (SSSR count). The monoisotopic (exact) mass is 349 g/mol. The lowest BCUT2D eigenvalue weighted by Crippen LogP contribution is -2.31. The van der Waals surface area contributed by atoms with Gasteiger partial charge >= 0.3 is 0 Å². The minimum Gasteiger partial charge on any atom is -0.337 e. The second-order valence-corrected chi connectivity index (χ2v) is 6.94. The van der Waals surface area contributed by atoms with Crippen molar-refractivity contribution in [1.82, 2.24) is 4.90 Å². The Kier molecular flexibility index (Phi) is 3.69. The van der Waals surface area contributed by atoms with Crippen LogP contribution in [0, 0.1) is 11.3 Å². The second-order valence-electron chi connectivity index (χ2n) is 6.94. The van der Waals surface area contributed by atoms with Crippen LogP contribution in [-0.4, -0.2) is 10.9 Å². The first kappa shape index (κ1) is 15.7. The molecule has 130 valence electrons. The van der Waals surface area contributed by atoms with Gasteiger partial charge in [0.25, 0.3) is 0 Å². The van der Waals surface area contributed by atoms with Crippen LogP contribution in [0.3, 0.4) is 0 Å². The molecule has 3 heteroatoms. The van der Waals surface area contributed by atoms with Crippen molar-refractivity contribution < 1.29 is 0 Å². The number of para-hydroxylation sites is 1. The fourth-order valence-electron chi connectivity index (χ4n) is 4.34. The molecule has 0 N–H and O–H groups in total. The molecular weight excluding hydrogens is 330 g/mol. The van der Waals surface area contributed by atoms with Gasteiger partial charge in [-0.3, -0.25) is 0 Å². The van der Waals surface area contributed by atoms with Crippen LogP contribution in [0.5, 0.6) is 0 Å². The zero-order chi connectivity index (χ0) is 18.2. The van der Waals surface area contributed by atoms with E-state index in [1.54, 1.807) is 0 Å². The lowest BCUT2D eigenvalue weighted by atomic mass is 9.99. The summed E-state index contributed by atoms with van der Waals surface area (Å²) in [7, 11) is 0. The Morgan fingerprint density at radius 1 is 0.778 bits per heavy atom. The average molecular weight is 349 g/mol. The first-order valence-corrected chi connectivity index (χ1v) is 9.21. The summed E-state index contributed by atoms with van der Waals surface area (Å²) in [5, 5.41) is 10.1. The summed E-state index contributed by atoms with van der Waals surface area (Å²) in [5.74, 6) is 0. The zero-order valence-electron chi connectivity index (χ0n) is 14.8. The molecule has 27 heavy (non-hydrogen) atoms. The largest absolute Gasteiger partial charge is 0.337 e. The van der Waals surface area contributed by atoms with Gasteiger partial charge in [0.1, 0.15) is 12.2 Å². The topological polar surface area (TPSA) is 30.3 Å². The quantitative estimate of drug-likeness (QED) is 0.643. The number of nitriles is 1. The van der Waals surface area contributed by atoms with E-state index in [2.05, 4.69) is 88.8 Å². The first-order chi connectivity index (χ1) is 13.4. The summed E-state index contributed by atoms with van der Waals surface area (Å²) in [5.41, 5.74) is 4.74. The Hall–Kier alpha value is -3.51. The Morgan fingerprint density at radius 3 is 2.19 bits per heavy atom. The van der Waals surface area contributed by atoms with E-state index in [1.807, 2.05) is 24.3 Å². The highest BCUT2D eigenvalue weighted by Gasteiger charge is 2.48. The number of rotatable bonds is 2. The number of fused-ring (bicyclic) bond motifs is 3. The minimum atomic E-state index is -0.262. The molecule has 2 heterocycles. The van der Waals surface area contributed by atoms with Crippen LogP contribution in [-0.2, 0) is 0 Å². The van der Waals surface area contributed by atoms with Crippen LogP contribution in [0.4, 0.5) is 5.69 Å². The van der Waals surface area contributed by atoms with Gasteiger partial charge in [0.05, 0.1) is 12.1 Å². The summed E-state index contributed by atoms with van der Waals surface area (Å²) in [6.45, 7) is 0. The number of nitrogens with zero attached hydrogens (tertiary/aromatic N) is 3. The van der Waals surface area contributed by atoms with E-state index >= 15 is 0 Å². The molecule has 2 aliphatic rings. The third kappa shape index (κ3) is 2.42. The van der Waals surface area contributed by atoms with Crippen molar-refractivity contribution in [3.63, 3.8) is 0 Å². The van der Waals surface area contributed by atoms with Crippen LogP contribution in [0.1, 0.15) is 28.9 Å². The maximum atomic E-state index is 10.1. The van der Waals surface area contributed by atoms with Gasteiger partial charge in [0, 0.05) is 17.5 Å². The molecule has 0 aromatic heterocycles. The summed E-state index contributed by atoms with van der Waals surface area (Å²) in [6.07, 6.45) is 4.20. The summed E-state index contributed by atoms with van der Waals surface area (Å²) >= 11 is 0. The molecule has 3 aromatic rings. The van der Waals surface area contributed by atoms with E-state index in [0.29, 0.717) is 0 Å². The van der Waals surface area contributed by atoms with Gasteiger partial charge in [-0.05, 0) is 29.3 Å². The Morgan fingerprint density at radius 2 is 1.44 bits per heavy atom. The molecule has 0 aliphatic carbocycles. The zero-order valence-corrected chi connectivity index (χ0v) is 14.8. The SMILES string of the molecule is N#C[C@@H]1[C@@H](c2ccccc2)N(c2ccccc2)[C@H]2c3ccccc3C=CN12. The number of benzene rings is 3. The van der Waals surface area contributed by atoms with Gasteiger partial charge in [-0.1, -0.05) is 72.8 Å². The van der Waals surface area contributed by atoms with Crippen LogP contribution in [0.15, 0.2) is 91.1 Å². The summed E-state index contributed by atoms with van der Waals surface area (Å²) < 4.78 is 0. The lowest BCUT2D eigenvalue weighted by Gasteiger charge is -2.36. The Bertz CT molecular complexity index is 1020. The molecule has 0 spiro atoms. The summed E-state index contributed by atoms with van der Waals surface area (Å²) in [4.78, 5) is 4.60. The highest BCUT2D eigenvalue weighted by Crippen LogP contribution is 2.50. The van der Waals surface area contributed by atoms with Gasteiger partial charge in [-0.25, -0.2) is 0 Å². The van der Waals surface area contributed by atoms with Crippen molar-refractivity contribution in [2.75, 3.05) is 4.90 Å². The van der Waals surface area contributed by atoms with Gasteiger partial charge in [-0.15, -0.1) is 0 Å². The maximum absolute atomic E-state index is 10.1. The highest BCUT2D eigenvalue weighted by atomic mass is 15.5. The maximum Gasteiger partial charge on any atom is 0.143 e. The smallest absolute Gasteiger partial charge is 0.143 e. The van der Waals surface area contributed by atoms with Crippen molar-refractivity contribution in [2.24, 2.45) is 0 Å². The van der Waals surface area contributed by atoms with Gasteiger partial charge < -0.3 is 9.80 Å². The molecule has 3 nitrogen and oxygen atoms in total. The van der Waals surface area contributed by atoms with Crippen LogP contribution >= 0.6 is 0 Å². The standard InChI is InChI=1S/C24H19N3/c25-17-22-23(19-10-3-1-4-11-19)27(20-12-5-2-6-13-20)24-21-14-8-7-9-18(21)15-16-26(22)24/h1-16,22-24H/t22-,23-,24+/m1/s1. The minimum absolute atomic E-state index is 0.00320. The molecule has 0 radical (unpaired) electrons. The van der Waals surface area contributed by atoms with E-state index in [4.69, 9.17) is 0 Å². The number of hydrogen-bond donors (Lipinski definition) is 0. The molecule has 1 saturated heterocycles. The van der Waals surface area contributed by atoms with Crippen molar-refractivity contribution in [2.45, 2.75) is 18.2 Å². The molecule has 2 aliphatic heterocycles. The van der Waals surface area contributed by atoms with Crippen molar-refractivity contribution in [1.29, 1.82) is 5.26 Å². The lowest BCUT2D eigenvalue weighted by molar-refractivity contribution is 0.313. The third-order valence-corrected chi connectivity index (χ3v) is 5.49. The normalized spacial score (nSPS) is 22.9. The van der Waals surface area contributed by atoms with E-state index in [9.17, 15) is 5.26 Å². The van der Waals surface area contributed by atoms with Crippen LogP contribution in [0.25, 0.3) is 6.08 Å². The first-order valence-electron chi connectivity index (χ1n) is 9.21. The fraction of sp³-hybridized carbons (Fsp3) is 0.125. The van der Waals surface area contributed by atoms with Crippen molar-refractivity contribution in [3.8, 4) is 6.07 Å². The third-order valence-electron chi connectivity index (χ3n) is 5.49. The van der Waals surface area contributed by atoms with Crippen molar-refractivity contribution >= 4 is 11.8 Å². The molecule has 3 aromatic carbocycles. The van der Waals surface area contributed by atoms with Gasteiger partial charge in [-0.2, -0.15) is 5.26 Å². The fourth-order valence-corrected chi connectivity index (χ4v) is 4.34. The molecule has 3 atom stereocenters. The second kappa shape index (κ2) is 6.34. The number of hydrogen-bond acceptors (Lipinski definition) is 3. The Labute approximate surface area is 159 Å². The van der Waals surface area contributed by atoms with Crippen molar-refractivity contribution in [3.05, 3.63) is 108 Å². The average Bonchev–Trinajstić information content (AvgIpc) is 3.10. The van der Waals surface area contributed by atoms with Gasteiger partial charge in [0.15, 0.2) is 0 Å². The van der Waals surface area contributed by atoms with E-state index in [0.717, 1.165) is 11.3 Å². The van der Waals surface area contributed by atoms with Crippen LogP contribution in [0.2, 0.25) is 0 Å². The molecular formula is C24H19N3. The van der Waals surface area contributed by atoms with E-state index < -0.39 is 0 Å². The Balaban J connectivity index is 1.74. The van der Waals surface area contributed by atoms with E-state index in [-0.39, 0.29) is 18.2 Å². The summed E-state index contributed by atoms with van der Waals surface area (Å²) in [6, 6.07) is 31.5. The highest BCUT2D eigenvalue weighted by molar-refractivity contribution is 5.63.